The van der Waals surface area contributed by atoms with E-state index in [1.54, 1.807) is 0 Å². The first-order chi connectivity index (χ1) is 18.0. The maximum Gasteiger partial charge on any atom is 0.274 e. The number of nitrogens with zero attached hydrogens (tertiary/aromatic N) is 2. The molecule has 0 fully saturated rings. The highest BCUT2D eigenvalue weighted by molar-refractivity contribution is 6.19. The number of likely N-dealkylation sites (N-methyl/N-ethyl adjacent to an activating group) is 1. The number of carbonyl (C=O) groups is 1. The number of carbonyl (C=O) groups excluding carboxylic acids is 1. The number of amides is 1. The van der Waals surface area contributed by atoms with Gasteiger partial charge in [0.2, 0.25) is 0 Å². The average molecular weight is 520 g/mol. The van der Waals surface area contributed by atoms with Gasteiger partial charge in [0, 0.05) is 47.2 Å². The lowest BCUT2D eigenvalue weighted by Crippen LogP contribution is -2.30. The molecule has 0 aliphatic carbocycles. The van der Waals surface area contributed by atoms with E-state index in [-0.39, 0.29) is 11.8 Å². The summed E-state index contributed by atoms with van der Waals surface area (Å²) in [5.74, 6) is 2.02. The number of unbranched alkanes of at least 4 members (excludes halogenated alkanes) is 1. The number of hydrogen-bond donors (Lipinski definition) is 1. The molecule has 7 heteroatoms. The van der Waals surface area contributed by atoms with Gasteiger partial charge in [-0.3, -0.25) is 4.79 Å². The number of rotatable bonds is 10. The first-order valence-corrected chi connectivity index (χ1v) is 13.5. The van der Waals surface area contributed by atoms with E-state index in [4.69, 9.17) is 21.1 Å². The van der Waals surface area contributed by atoms with Crippen molar-refractivity contribution in [2.75, 3.05) is 51.2 Å². The molecule has 4 aromatic rings. The minimum absolute atomic E-state index is 0.0521. The lowest BCUT2D eigenvalue weighted by atomic mass is 9.95. The van der Waals surface area contributed by atoms with E-state index in [1.165, 1.54) is 0 Å². The van der Waals surface area contributed by atoms with Gasteiger partial charge in [0.05, 0.1) is 12.3 Å². The Balaban J connectivity index is 1.48. The zero-order chi connectivity index (χ0) is 25.9. The molecule has 1 aliphatic heterocycles. The number of hydrogen-bond acceptors (Lipinski definition) is 4. The smallest absolute Gasteiger partial charge is 0.274 e. The number of anilines is 1. The first-order valence-electron chi connectivity index (χ1n) is 13.0. The van der Waals surface area contributed by atoms with Crippen molar-refractivity contribution in [3.8, 4) is 11.5 Å². The summed E-state index contributed by atoms with van der Waals surface area (Å²) in [6.45, 7) is 4.77. The van der Waals surface area contributed by atoms with Gasteiger partial charge in [-0.25, -0.2) is 0 Å². The third-order valence-corrected chi connectivity index (χ3v) is 7.32. The molecule has 0 saturated heterocycles. The molecule has 3 aromatic carbocycles. The molecule has 37 heavy (non-hydrogen) atoms. The van der Waals surface area contributed by atoms with Crippen LogP contribution in [0.1, 0.15) is 41.7 Å². The van der Waals surface area contributed by atoms with Gasteiger partial charge in [-0.05, 0) is 55.7 Å². The number of halogens is 1. The van der Waals surface area contributed by atoms with Crippen LogP contribution in [0, 0.1) is 0 Å². The van der Waals surface area contributed by atoms with Crippen LogP contribution >= 0.6 is 11.6 Å². The van der Waals surface area contributed by atoms with E-state index in [0.717, 1.165) is 63.8 Å². The average Bonchev–Trinajstić information content (AvgIpc) is 3.49. The first kappa shape index (κ1) is 25.4. The number of alkyl halides is 1. The van der Waals surface area contributed by atoms with Crippen LogP contribution in [-0.4, -0.2) is 62.1 Å². The normalized spacial score (nSPS) is 15.1. The van der Waals surface area contributed by atoms with Crippen LogP contribution in [0.25, 0.3) is 21.7 Å². The second-order valence-corrected chi connectivity index (χ2v) is 10.2. The molecule has 1 amide bonds. The van der Waals surface area contributed by atoms with Crippen molar-refractivity contribution in [3.05, 3.63) is 65.9 Å². The Morgan fingerprint density at radius 1 is 1.08 bits per heavy atom. The predicted octanol–water partition coefficient (Wildman–Crippen LogP) is 6.42. The quantitative estimate of drug-likeness (QED) is 0.194. The van der Waals surface area contributed by atoms with Crippen LogP contribution in [0.5, 0.6) is 11.5 Å². The molecule has 5 rings (SSSR count). The third kappa shape index (κ3) is 5.13. The monoisotopic (exact) mass is 519 g/mol. The lowest BCUT2D eigenvalue weighted by molar-refractivity contribution is 0.0984. The molecule has 0 radical (unpaired) electrons. The molecule has 1 N–H and O–H groups in total. The molecular weight excluding hydrogens is 486 g/mol. The Labute approximate surface area is 223 Å². The van der Waals surface area contributed by atoms with Gasteiger partial charge in [-0.15, -0.1) is 11.6 Å². The number of aromatic amines is 1. The molecular formula is C30H34ClN3O3. The fourth-order valence-corrected chi connectivity index (χ4v) is 5.24. The molecule has 0 saturated carbocycles. The largest absolute Gasteiger partial charge is 0.493 e. The molecule has 1 atom stereocenters. The Morgan fingerprint density at radius 3 is 2.65 bits per heavy atom. The lowest BCUT2D eigenvalue weighted by Gasteiger charge is -2.19. The highest BCUT2D eigenvalue weighted by Gasteiger charge is 2.35. The molecule has 0 bridgehead atoms. The van der Waals surface area contributed by atoms with Gasteiger partial charge < -0.3 is 24.3 Å². The van der Waals surface area contributed by atoms with E-state index in [1.807, 2.05) is 61.5 Å². The molecule has 1 unspecified atom stereocenters. The summed E-state index contributed by atoms with van der Waals surface area (Å²) in [6, 6.07) is 18.1. The Morgan fingerprint density at radius 2 is 1.89 bits per heavy atom. The van der Waals surface area contributed by atoms with Crippen molar-refractivity contribution in [2.45, 2.75) is 25.7 Å². The number of nitrogens with one attached hydrogen (secondary N) is 1. The number of aromatic nitrogens is 1. The summed E-state index contributed by atoms with van der Waals surface area (Å²) in [5, 5.41) is 3.11. The van der Waals surface area contributed by atoms with Crippen molar-refractivity contribution < 1.29 is 14.3 Å². The minimum Gasteiger partial charge on any atom is -0.493 e. The fourth-order valence-electron chi connectivity index (χ4n) is 4.98. The fraction of sp³-hybridized carbons (Fsp3) is 0.367. The van der Waals surface area contributed by atoms with Crippen LogP contribution < -0.4 is 14.4 Å². The van der Waals surface area contributed by atoms with Gasteiger partial charge in [-0.1, -0.05) is 37.6 Å². The standard InChI is InChI=1S/C30H34ClN3O3/c1-4-5-13-37-28-17-27-29(24-9-7-6-8-23(24)28)21(18-31)19-34(27)30(35)26-16-20-15-22(10-11-25(20)32-26)36-14-12-33(2)3/h6-11,15-17,21,32H,4-5,12-14,18-19H2,1-3H3. The van der Waals surface area contributed by atoms with Crippen molar-refractivity contribution >= 4 is 44.9 Å². The highest BCUT2D eigenvalue weighted by atomic mass is 35.5. The Hall–Kier alpha value is -3.22. The summed E-state index contributed by atoms with van der Waals surface area (Å²) < 4.78 is 12.1. The van der Waals surface area contributed by atoms with Crippen LogP contribution in [0.15, 0.2) is 54.6 Å². The van der Waals surface area contributed by atoms with Crippen LogP contribution in [0.4, 0.5) is 5.69 Å². The number of fused-ring (bicyclic) bond motifs is 4. The van der Waals surface area contributed by atoms with Crippen molar-refractivity contribution in [1.29, 1.82) is 0 Å². The van der Waals surface area contributed by atoms with Crippen LogP contribution in [-0.2, 0) is 0 Å². The molecule has 1 aromatic heterocycles. The minimum atomic E-state index is -0.0741. The van der Waals surface area contributed by atoms with Gasteiger partial charge in [0.15, 0.2) is 0 Å². The van der Waals surface area contributed by atoms with Crippen molar-refractivity contribution in [2.24, 2.45) is 0 Å². The summed E-state index contributed by atoms with van der Waals surface area (Å²) in [5.41, 5.74) is 3.45. The van der Waals surface area contributed by atoms with E-state index in [0.29, 0.717) is 31.3 Å². The van der Waals surface area contributed by atoms with E-state index < -0.39 is 0 Å². The van der Waals surface area contributed by atoms with Crippen LogP contribution in [0.2, 0.25) is 0 Å². The van der Waals surface area contributed by atoms with E-state index in [2.05, 4.69) is 28.9 Å². The highest BCUT2D eigenvalue weighted by Crippen LogP contribution is 2.46. The molecule has 0 spiro atoms. The number of benzene rings is 3. The van der Waals surface area contributed by atoms with Crippen LogP contribution in [0.3, 0.4) is 0 Å². The molecule has 2 heterocycles. The Bertz CT molecular complexity index is 1410. The predicted molar refractivity (Wildman–Crippen MR) is 152 cm³/mol. The SMILES string of the molecule is CCCCOc1cc2c(c3ccccc13)C(CCl)CN2C(=O)c1cc2cc(OCCN(C)C)ccc2[nH]1. The summed E-state index contributed by atoms with van der Waals surface area (Å²) in [4.78, 5) is 21.1. The molecule has 194 valence electrons. The van der Waals surface area contributed by atoms with E-state index in [9.17, 15) is 4.79 Å². The topological polar surface area (TPSA) is 57.8 Å². The van der Waals surface area contributed by atoms with Crippen molar-refractivity contribution in [3.63, 3.8) is 0 Å². The van der Waals surface area contributed by atoms with Gasteiger partial charge in [0.25, 0.3) is 5.91 Å². The maximum absolute atomic E-state index is 13.9. The van der Waals surface area contributed by atoms with Gasteiger partial charge in [-0.2, -0.15) is 0 Å². The van der Waals surface area contributed by atoms with Crippen molar-refractivity contribution in [1.82, 2.24) is 9.88 Å². The maximum atomic E-state index is 13.9. The number of H-pyrrole nitrogens is 1. The second-order valence-electron chi connectivity index (χ2n) is 9.91. The summed E-state index contributed by atoms with van der Waals surface area (Å²) in [7, 11) is 4.04. The number of ether oxygens (including phenoxy) is 2. The van der Waals surface area contributed by atoms with Gasteiger partial charge in [0.1, 0.15) is 23.8 Å². The zero-order valence-corrected chi connectivity index (χ0v) is 22.5. The zero-order valence-electron chi connectivity index (χ0n) is 21.7. The van der Waals surface area contributed by atoms with E-state index >= 15 is 0 Å². The third-order valence-electron chi connectivity index (χ3n) is 6.95. The van der Waals surface area contributed by atoms with Gasteiger partial charge >= 0.3 is 0 Å². The molecule has 1 aliphatic rings. The molecule has 6 nitrogen and oxygen atoms in total. The Kier molecular flexibility index (Phi) is 7.58. The summed E-state index contributed by atoms with van der Waals surface area (Å²) >= 11 is 6.44. The summed E-state index contributed by atoms with van der Waals surface area (Å²) in [6.07, 6.45) is 2.04. The second kappa shape index (κ2) is 11.0.